The Labute approximate surface area is 95.2 Å². The van der Waals surface area contributed by atoms with Crippen LogP contribution in [-0.4, -0.2) is 34.8 Å². The lowest BCUT2D eigenvalue weighted by atomic mass is 10.2. The van der Waals surface area contributed by atoms with Gasteiger partial charge in [-0.1, -0.05) is 0 Å². The molecule has 0 radical (unpaired) electrons. The summed E-state index contributed by atoms with van der Waals surface area (Å²) in [7, 11) is 1.90. The van der Waals surface area contributed by atoms with Gasteiger partial charge in [-0.3, -0.25) is 9.48 Å². The molecule has 1 saturated carbocycles. The van der Waals surface area contributed by atoms with Gasteiger partial charge < -0.3 is 10.6 Å². The summed E-state index contributed by atoms with van der Waals surface area (Å²) in [5.41, 5.74) is 1.19. The van der Waals surface area contributed by atoms with E-state index in [-0.39, 0.29) is 5.91 Å². The highest BCUT2D eigenvalue weighted by molar-refractivity contribution is 5.78. The van der Waals surface area contributed by atoms with Gasteiger partial charge in [0.2, 0.25) is 5.91 Å². The molecule has 0 aliphatic heterocycles. The van der Waals surface area contributed by atoms with E-state index in [0.717, 1.165) is 25.8 Å². The molecule has 1 aliphatic rings. The van der Waals surface area contributed by atoms with E-state index in [1.54, 1.807) is 4.68 Å². The summed E-state index contributed by atoms with van der Waals surface area (Å²) >= 11 is 0. The lowest BCUT2D eigenvalue weighted by molar-refractivity contribution is -0.120. The van der Waals surface area contributed by atoms with Crippen molar-refractivity contribution >= 4 is 5.91 Å². The van der Waals surface area contributed by atoms with E-state index in [9.17, 15) is 4.79 Å². The van der Waals surface area contributed by atoms with Crippen molar-refractivity contribution in [3.8, 4) is 0 Å². The standard InChI is InChI=1S/C11H18N4O/c1-15-8-9(6-13-15)4-5-12-7-11(16)14-10-2-3-10/h6,8,10,12H,2-5,7H2,1H3,(H,14,16). The summed E-state index contributed by atoms with van der Waals surface area (Å²) in [4.78, 5) is 11.3. The second kappa shape index (κ2) is 5.12. The molecule has 0 aromatic carbocycles. The fourth-order valence-electron chi connectivity index (χ4n) is 1.54. The summed E-state index contributed by atoms with van der Waals surface area (Å²) in [5, 5.41) is 10.2. The third-order valence-corrected chi connectivity index (χ3v) is 2.58. The lowest BCUT2D eigenvalue weighted by Crippen LogP contribution is -2.35. The van der Waals surface area contributed by atoms with Crippen molar-refractivity contribution in [1.82, 2.24) is 20.4 Å². The highest BCUT2D eigenvalue weighted by Gasteiger charge is 2.22. The third-order valence-electron chi connectivity index (χ3n) is 2.58. The molecule has 0 atom stereocenters. The molecule has 88 valence electrons. The van der Waals surface area contributed by atoms with Crippen LogP contribution >= 0.6 is 0 Å². The first-order valence-corrected chi connectivity index (χ1v) is 5.71. The van der Waals surface area contributed by atoms with Gasteiger partial charge in [-0.05, 0) is 31.4 Å². The topological polar surface area (TPSA) is 59.0 Å². The smallest absolute Gasteiger partial charge is 0.234 e. The van der Waals surface area contributed by atoms with Crippen LogP contribution in [0.5, 0.6) is 0 Å². The number of nitrogens with zero attached hydrogens (tertiary/aromatic N) is 2. The minimum absolute atomic E-state index is 0.105. The molecular weight excluding hydrogens is 204 g/mol. The number of carbonyl (C=O) groups is 1. The first-order valence-electron chi connectivity index (χ1n) is 5.71. The molecule has 5 nitrogen and oxygen atoms in total. The number of nitrogens with one attached hydrogen (secondary N) is 2. The zero-order valence-corrected chi connectivity index (χ0v) is 9.57. The third kappa shape index (κ3) is 3.66. The molecule has 1 fully saturated rings. The highest BCUT2D eigenvalue weighted by Crippen LogP contribution is 2.18. The van der Waals surface area contributed by atoms with Crippen LogP contribution < -0.4 is 10.6 Å². The Morgan fingerprint density at radius 2 is 2.44 bits per heavy atom. The Hall–Kier alpha value is -1.36. The maximum atomic E-state index is 11.3. The van der Waals surface area contributed by atoms with Gasteiger partial charge in [-0.2, -0.15) is 5.10 Å². The summed E-state index contributed by atoms with van der Waals surface area (Å²) in [5.74, 6) is 0.105. The first kappa shape index (κ1) is 11.1. The van der Waals surface area contributed by atoms with Crippen LogP contribution in [0.1, 0.15) is 18.4 Å². The Balaban J connectivity index is 1.55. The van der Waals surface area contributed by atoms with Gasteiger partial charge in [0, 0.05) is 19.3 Å². The molecule has 16 heavy (non-hydrogen) atoms. The predicted molar refractivity (Wildman–Crippen MR) is 60.9 cm³/mol. The van der Waals surface area contributed by atoms with Crippen LogP contribution in [0.3, 0.4) is 0 Å². The highest BCUT2D eigenvalue weighted by atomic mass is 16.2. The minimum atomic E-state index is 0.105. The Kier molecular flexibility index (Phi) is 3.56. The van der Waals surface area contributed by atoms with E-state index in [1.807, 2.05) is 19.4 Å². The van der Waals surface area contributed by atoms with Gasteiger partial charge in [0.1, 0.15) is 0 Å². The van der Waals surface area contributed by atoms with E-state index >= 15 is 0 Å². The van der Waals surface area contributed by atoms with Crippen molar-refractivity contribution in [2.45, 2.75) is 25.3 Å². The van der Waals surface area contributed by atoms with E-state index in [1.165, 1.54) is 5.56 Å². The molecule has 1 aromatic rings. The van der Waals surface area contributed by atoms with Gasteiger partial charge >= 0.3 is 0 Å². The monoisotopic (exact) mass is 222 g/mol. The predicted octanol–water partition coefficient (Wildman–Crippen LogP) is -0.169. The summed E-state index contributed by atoms with van der Waals surface area (Å²) in [6, 6.07) is 0.452. The second-order valence-electron chi connectivity index (χ2n) is 4.29. The van der Waals surface area contributed by atoms with E-state index < -0.39 is 0 Å². The van der Waals surface area contributed by atoms with Gasteiger partial charge in [0.05, 0.1) is 12.7 Å². The number of aromatic nitrogens is 2. The Morgan fingerprint density at radius 1 is 1.62 bits per heavy atom. The Morgan fingerprint density at radius 3 is 3.06 bits per heavy atom. The summed E-state index contributed by atoms with van der Waals surface area (Å²) in [6.45, 7) is 1.22. The fourth-order valence-corrected chi connectivity index (χ4v) is 1.54. The van der Waals surface area contributed by atoms with Crippen molar-refractivity contribution in [3.05, 3.63) is 18.0 Å². The number of amides is 1. The fraction of sp³-hybridized carbons (Fsp3) is 0.636. The van der Waals surface area contributed by atoms with Crippen LogP contribution in [-0.2, 0) is 18.3 Å². The number of hydrogen-bond acceptors (Lipinski definition) is 3. The average Bonchev–Trinajstić information content (AvgIpc) is 2.95. The van der Waals surface area contributed by atoms with Crippen molar-refractivity contribution in [1.29, 1.82) is 0 Å². The first-order chi connectivity index (χ1) is 7.74. The van der Waals surface area contributed by atoms with Crippen molar-refractivity contribution in [2.75, 3.05) is 13.1 Å². The zero-order chi connectivity index (χ0) is 11.4. The molecule has 1 aliphatic carbocycles. The number of carbonyl (C=O) groups excluding carboxylic acids is 1. The van der Waals surface area contributed by atoms with E-state index in [0.29, 0.717) is 12.6 Å². The van der Waals surface area contributed by atoms with Crippen LogP contribution in [0.4, 0.5) is 0 Å². The minimum Gasteiger partial charge on any atom is -0.352 e. The molecule has 0 unspecified atom stereocenters. The molecular formula is C11H18N4O. The van der Waals surface area contributed by atoms with Gasteiger partial charge in [0.25, 0.3) is 0 Å². The molecule has 1 amide bonds. The molecule has 2 rings (SSSR count). The molecule has 1 aromatic heterocycles. The molecule has 0 saturated heterocycles. The molecule has 0 bridgehead atoms. The van der Waals surface area contributed by atoms with Crippen LogP contribution in [0.15, 0.2) is 12.4 Å². The van der Waals surface area contributed by atoms with Crippen molar-refractivity contribution < 1.29 is 4.79 Å². The molecule has 0 spiro atoms. The molecule has 2 N–H and O–H groups in total. The van der Waals surface area contributed by atoms with Crippen LogP contribution in [0.2, 0.25) is 0 Å². The second-order valence-corrected chi connectivity index (χ2v) is 4.29. The normalized spacial score (nSPS) is 15.1. The Bertz CT molecular complexity index is 357. The van der Waals surface area contributed by atoms with Crippen LogP contribution in [0, 0.1) is 0 Å². The van der Waals surface area contributed by atoms with Crippen LogP contribution in [0.25, 0.3) is 0 Å². The number of aryl methyl sites for hydroxylation is 1. The average molecular weight is 222 g/mol. The zero-order valence-electron chi connectivity index (χ0n) is 9.57. The summed E-state index contributed by atoms with van der Waals surface area (Å²) in [6.07, 6.45) is 7.03. The van der Waals surface area contributed by atoms with E-state index in [2.05, 4.69) is 15.7 Å². The maximum Gasteiger partial charge on any atom is 0.234 e. The van der Waals surface area contributed by atoms with Gasteiger partial charge in [-0.15, -0.1) is 0 Å². The number of hydrogen-bond donors (Lipinski definition) is 2. The van der Waals surface area contributed by atoms with E-state index in [4.69, 9.17) is 0 Å². The largest absolute Gasteiger partial charge is 0.352 e. The summed E-state index contributed by atoms with van der Waals surface area (Å²) < 4.78 is 1.79. The van der Waals surface area contributed by atoms with Gasteiger partial charge in [0.15, 0.2) is 0 Å². The van der Waals surface area contributed by atoms with Gasteiger partial charge in [-0.25, -0.2) is 0 Å². The SMILES string of the molecule is Cn1cc(CCNCC(=O)NC2CC2)cn1. The van der Waals surface area contributed by atoms with Crippen molar-refractivity contribution in [2.24, 2.45) is 7.05 Å². The number of rotatable bonds is 6. The molecule has 5 heteroatoms. The quantitative estimate of drug-likeness (QED) is 0.657. The molecule has 1 heterocycles. The maximum absolute atomic E-state index is 11.3. The lowest BCUT2D eigenvalue weighted by Gasteiger charge is -2.04. The van der Waals surface area contributed by atoms with Crippen molar-refractivity contribution in [3.63, 3.8) is 0 Å².